The van der Waals surface area contributed by atoms with E-state index in [1.54, 1.807) is 32.4 Å². The normalized spacial score (nSPS) is 11.0. The fraction of sp³-hybridized carbons (Fsp3) is 0.188. The molecule has 2 rings (SSSR count). The molecule has 0 spiro atoms. The standard InChI is InChI=1S/C16H15NO3/c1-11-4-6-14(20-11)8-13(10-17)12-5-7-15(18-2)16(9-12)19-3/h4-9H,1-3H3/b13-8+. The van der Waals surface area contributed by atoms with E-state index in [1.165, 1.54) is 0 Å². The molecule has 0 fully saturated rings. The highest BCUT2D eigenvalue weighted by Gasteiger charge is 2.08. The van der Waals surface area contributed by atoms with Gasteiger partial charge in [-0.15, -0.1) is 0 Å². The van der Waals surface area contributed by atoms with Gasteiger partial charge in [-0.2, -0.15) is 5.26 Å². The molecular weight excluding hydrogens is 254 g/mol. The van der Waals surface area contributed by atoms with Gasteiger partial charge in [0.05, 0.1) is 25.9 Å². The average Bonchev–Trinajstić information content (AvgIpc) is 2.89. The Balaban J connectivity index is 2.42. The Hall–Kier alpha value is -2.67. The molecule has 4 nitrogen and oxygen atoms in total. The van der Waals surface area contributed by atoms with E-state index in [4.69, 9.17) is 13.9 Å². The smallest absolute Gasteiger partial charge is 0.161 e. The number of methoxy groups -OCH3 is 2. The second kappa shape index (κ2) is 5.98. The zero-order valence-corrected chi connectivity index (χ0v) is 11.6. The molecule has 1 aromatic heterocycles. The Morgan fingerprint density at radius 2 is 1.90 bits per heavy atom. The Morgan fingerprint density at radius 3 is 2.45 bits per heavy atom. The summed E-state index contributed by atoms with van der Waals surface area (Å²) in [4.78, 5) is 0. The highest BCUT2D eigenvalue weighted by molar-refractivity contribution is 5.89. The van der Waals surface area contributed by atoms with Crippen LogP contribution < -0.4 is 9.47 Å². The number of benzene rings is 1. The minimum absolute atomic E-state index is 0.500. The first-order chi connectivity index (χ1) is 9.67. The van der Waals surface area contributed by atoms with E-state index in [2.05, 4.69) is 6.07 Å². The summed E-state index contributed by atoms with van der Waals surface area (Å²) < 4.78 is 15.9. The summed E-state index contributed by atoms with van der Waals surface area (Å²) in [6, 6.07) is 11.2. The maximum absolute atomic E-state index is 9.31. The number of rotatable bonds is 4. The van der Waals surface area contributed by atoms with E-state index >= 15 is 0 Å². The van der Waals surface area contributed by atoms with Gasteiger partial charge >= 0.3 is 0 Å². The first kappa shape index (κ1) is 13.8. The van der Waals surface area contributed by atoms with Crippen LogP contribution in [0.25, 0.3) is 11.6 Å². The van der Waals surface area contributed by atoms with Crippen LogP contribution in [0.3, 0.4) is 0 Å². The lowest BCUT2D eigenvalue weighted by Crippen LogP contribution is -1.92. The van der Waals surface area contributed by atoms with Gasteiger partial charge in [-0.1, -0.05) is 0 Å². The van der Waals surface area contributed by atoms with Gasteiger partial charge in [-0.3, -0.25) is 0 Å². The van der Waals surface area contributed by atoms with Crippen LogP contribution in [0.4, 0.5) is 0 Å². The Bertz CT molecular complexity index is 677. The van der Waals surface area contributed by atoms with Crippen LogP contribution in [0.15, 0.2) is 34.7 Å². The van der Waals surface area contributed by atoms with Gasteiger partial charge in [0.15, 0.2) is 11.5 Å². The van der Waals surface area contributed by atoms with Gasteiger partial charge < -0.3 is 13.9 Å². The van der Waals surface area contributed by atoms with Crippen LogP contribution in [0, 0.1) is 18.3 Å². The van der Waals surface area contributed by atoms with Crippen molar-refractivity contribution in [2.45, 2.75) is 6.92 Å². The third-order valence-corrected chi connectivity index (χ3v) is 2.86. The monoisotopic (exact) mass is 269 g/mol. The van der Waals surface area contributed by atoms with E-state index in [0.29, 0.717) is 22.8 Å². The minimum atomic E-state index is 0.500. The van der Waals surface area contributed by atoms with Crippen LogP contribution >= 0.6 is 0 Å². The Morgan fingerprint density at radius 1 is 1.15 bits per heavy atom. The zero-order chi connectivity index (χ0) is 14.5. The molecule has 0 aliphatic heterocycles. The molecule has 0 radical (unpaired) electrons. The molecule has 4 heteroatoms. The van der Waals surface area contributed by atoms with Crippen LogP contribution in [0.5, 0.6) is 11.5 Å². The van der Waals surface area contributed by atoms with Crippen molar-refractivity contribution >= 4 is 11.6 Å². The van der Waals surface area contributed by atoms with Gasteiger partial charge in [0.1, 0.15) is 11.5 Å². The quantitative estimate of drug-likeness (QED) is 0.795. The van der Waals surface area contributed by atoms with E-state index < -0.39 is 0 Å². The van der Waals surface area contributed by atoms with Crippen LogP contribution in [-0.4, -0.2) is 14.2 Å². The molecule has 0 unspecified atom stereocenters. The summed E-state index contributed by atoms with van der Waals surface area (Å²) in [6.07, 6.45) is 1.70. The molecule has 2 aromatic rings. The first-order valence-corrected chi connectivity index (χ1v) is 6.08. The second-order valence-corrected chi connectivity index (χ2v) is 4.19. The highest BCUT2D eigenvalue weighted by Crippen LogP contribution is 2.30. The zero-order valence-electron chi connectivity index (χ0n) is 11.6. The molecule has 1 aromatic carbocycles. The predicted molar refractivity (Wildman–Crippen MR) is 76.5 cm³/mol. The lowest BCUT2D eigenvalue weighted by molar-refractivity contribution is 0.355. The molecule has 0 amide bonds. The SMILES string of the molecule is COc1ccc(/C(C#N)=C/c2ccc(C)o2)cc1OC. The van der Waals surface area contributed by atoms with Crippen molar-refractivity contribution in [1.82, 2.24) is 0 Å². The number of furan rings is 1. The number of hydrogen-bond donors (Lipinski definition) is 0. The summed E-state index contributed by atoms with van der Waals surface area (Å²) in [5.74, 6) is 2.67. The predicted octanol–water partition coefficient (Wildman–Crippen LogP) is 3.67. The van der Waals surface area contributed by atoms with E-state index in [9.17, 15) is 5.26 Å². The number of allylic oxidation sites excluding steroid dienone is 1. The van der Waals surface area contributed by atoms with Crippen molar-refractivity contribution in [3.8, 4) is 17.6 Å². The minimum Gasteiger partial charge on any atom is -0.493 e. The maximum Gasteiger partial charge on any atom is 0.161 e. The number of ether oxygens (including phenoxy) is 2. The molecule has 0 saturated carbocycles. The highest BCUT2D eigenvalue weighted by atomic mass is 16.5. The summed E-state index contributed by atoms with van der Waals surface area (Å²) >= 11 is 0. The van der Waals surface area contributed by atoms with Gasteiger partial charge in [-0.05, 0) is 48.9 Å². The van der Waals surface area contributed by atoms with Crippen LogP contribution in [0.2, 0.25) is 0 Å². The van der Waals surface area contributed by atoms with Gasteiger partial charge in [0.2, 0.25) is 0 Å². The van der Waals surface area contributed by atoms with E-state index in [-0.39, 0.29) is 0 Å². The summed E-state index contributed by atoms with van der Waals surface area (Å²) in [7, 11) is 3.14. The molecule has 102 valence electrons. The van der Waals surface area contributed by atoms with Gasteiger partial charge in [0.25, 0.3) is 0 Å². The lowest BCUT2D eigenvalue weighted by atomic mass is 10.1. The Labute approximate surface area is 117 Å². The van der Waals surface area contributed by atoms with Crippen molar-refractivity contribution in [3.63, 3.8) is 0 Å². The molecule has 20 heavy (non-hydrogen) atoms. The molecule has 0 saturated heterocycles. The Kier molecular flexibility index (Phi) is 4.11. The van der Waals surface area contributed by atoms with E-state index in [0.717, 1.165) is 11.3 Å². The fourth-order valence-electron chi connectivity index (χ4n) is 1.86. The molecular formula is C16H15NO3. The summed E-state index contributed by atoms with van der Waals surface area (Å²) in [6.45, 7) is 1.86. The van der Waals surface area contributed by atoms with Crippen molar-refractivity contribution in [1.29, 1.82) is 5.26 Å². The van der Waals surface area contributed by atoms with Gasteiger partial charge in [0, 0.05) is 0 Å². The largest absolute Gasteiger partial charge is 0.493 e. The van der Waals surface area contributed by atoms with E-state index in [1.807, 2.05) is 25.1 Å². The average molecular weight is 269 g/mol. The number of nitriles is 1. The van der Waals surface area contributed by atoms with Crippen molar-refractivity contribution in [3.05, 3.63) is 47.4 Å². The summed E-state index contributed by atoms with van der Waals surface area (Å²) in [5.41, 5.74) is 1.25. The first-order valence-electron chi connectivity index (χ1n) is 6.08. The van der Waals surface area contributed by atoms with Crippen LogP contribution in [-0.2, 0) is 0 Å². The topological polar surface area (TPSA) is 55.4 Å². The van der Waals surface area contributed by atoms with Crippen molar-refractivity contribution in [2.24, 2.45) is 0 Å². The molecule has 0 aliphatic rings. The molecule has 0 bridgehead atoms. The fourth-order valence-corrected chi connectivity index (χ4v) is 1.86. The summed E-state index contributed by atoms with van der Waals surface area (Å²) in [5, 5.41) is 9.31. The third kappa shape index (κ3) is 2.83. The lowest BCUT2D eigenvalue weighted by Gasteiger charge is -2.08. The molecule has 0 aliphatic carbocycles. The molecule has 1 heterocycles. The van der Waals surface area contributed by atoms with Crippen molar-refractivity contribution < 1.29 is 13.9 Å². The molecule has 0 N–H and O–H groups in total. The maximum atomic E-state index is 9.31. The number of aryl methyl sites for hydroxylation is 1. The van der Waals surface area contributed by atoms with Crippen LogP contribution in [0.1, 0.15) is 17.1 Å². The second-order valence-electron chi connectivity index (χ2n) is 4.19. The number of hydrogen-bond acceptors (Lipinski definition) is 4. The third-order valence-electron chi connectivity index (χ3n) is 2.86. The van der Waals surface area contributed by atoms with Gasteiger partial charge in [-0.25, -0.2) is 0 Å². The van der Waals surface area contributed by atoms with Crippen molar-refractivity contribution in [2.75, 3.05) is 14.2 Å². The number of nitrogens with zero attached hydrogens (tertiary/aromatic N) is 1. The molecule has 0 atom stereocenters.